The van der Waals surface area contributed by atoms with E-state index in [1.54, 1.807) is 0 Å². The SMILES string of the molecule is CN=C(NCC1CCN(Cc2cccs2)CC1)N(C)CCC1CCOCC1. The number of thiophene rings is 1. The first-order chi connectivity index (χ1) is 13.2. The molecule has 3 heterocycles. The number of rotatable bonds is 7. The molecule has 2 aliphatic heterocycles. The number of likely N-dealkylation sites (tertiary alicyclic amines) is 1. The minimum absolute atomic E-state index is 0.755. The monoisotopic (exact) mass is 392 g/mol. The van der Waals surface area contributed by atoms with E-state index in [-0.39, 0.29) is 0 Å². The van der Waals surface area contributed by atoms with Crippen molar-refractivity contribution >= 4 is 17.3 Å². The maximum Gasteiger partial charge on any atom is 0.193 e. The van der Waals surface area contributed by atoms with Crippen molar-refractivity contribution in [2.45, 2.75) is 38.6 Å². The van der Waals surface area contributed by atoms with Crippen molar-refractivity contribution in [1.82, 2.24) is 15.1 Å². The first kappa shape index (κ1) is 20.6. The van der Waals surface area contributed by atoms with E-state index in [9.17, 15) is 0 Å². The Labute approximate surface area is 168 Å². The molecule has 0 aliphatic carbocycles. The molecule has 0 unspecified atom stereocenters. The van der Waals surface area contributed by atoms with Crippen LogP contribution in [0, 0.1) is 11.8 Å². The normalized spacial score (nSPS) is 20.7. The summed E-state index contributed by atoms with van der Waals surface area (Å²) < 4.78 is 5.46. The summed E-state index contributed by atoms with van der Waals surface area (Å²) in [5, 5.41) is 5.80. The molecule has 2 fully saturated rings. The third-order valence-electron chi connectivity index (χ3n) is 6.00. The molecule has 2 aliphatic rings. The molecule has 1 aromatic heterocycles. The summed E-state index contributed by atoms with van der Waals surface area (Å²) in [5.74, 6) is 2.61. The van der Waals surface area contributed by atoms with Gasteiger partial charge in [0.15, 0.2) is 5.96 Å². The lowest BCUT2D eigenvalue weighted by Crippen LogP contribution is -2.44. The van der Waals surface area contributed by atoms with Gasteiger partial charge in [-0.3, -0.25) is 9.89 Å². The zero-order valence-corrected chi connectivity index (χ0v) is 17.8. The number of hydrogen-bond acceptors (Lipinski definition) is 4. The molecule has 152 valence electrons. The second-order valence-corrected chi connectivity index (χ2v) is 9.03. The molecule has 0 amide bonds. The summed E-state index contributed by atoms with van der Waals surface area (Å²) in [6, 6.07) is 4.40. The number of ether oxygens (including phenoxy) is 1. The highest BCUT2D eigenvalue weighted by Gasteiger charge is 2.20. The third-order valence-corrected chi connectivity index (χ3v) is 6.86. The minimum Gasteiger partial charge on any atom is -0.381 e. The Balaban J connectivity index is 1.33. The Hall–Kier alpha value is -1.11. The molecular formula is C21H36N4OS. The van der Waals surface area contributed by atoms with Crippen LogP contribution in [0.1, 0.15) is 37.0 Å². The van der Waals surface area contributed by atoms with Crippen LogP contribution in [-0.4, -0.2) is 69.2 Å². The quantitative estimate of drug-likeness (QED) is 0.571. The van der Waals surface area contributed by atoms with Gasteiger partial charge in [-0.25, -0.2) is 0 Å². The van der Waals surface area contributed by atoms with Gasteiger partial charge < -0.3 is 15.0 Å². The van der Waals surface area contributed by atoms with Crippen molar-refractivity contribution in [3.8, 4) is 0 Å². The van der Waals surface area contributed by atoms with E-state index in [0.717, 1.165) is 50.6 Å². The van der Waals surface area contributed by atoms with E-state index in [1.165, 1.54) is 50.1 Å². The molecule has 5 nitrogen and oxygen atoms in total. The third kappa shape index (κ3) is 6.77. The Bertz CT molecular complexity index is 549. The fourth-order valence-electron chi connectivity index (χ4n) is 4.11. The average molecular weight is 393 g/mol. The van der Waals surface area contributed by atoms with Gasteiger partial charge >= 0.3 is 0 Å². The van der Waals surface area contributed by atoms with Crippen LogP contribution in [-0.2, 0) is 11.3 Å². The maximum atomic E-state index is 5.46. The molecule has 27 heavy (non-hydrogen) atoms. The average Bonchev–Trinajstić information content (AvgIpc) is 3.22. The first-order valence-electron chi connectivity index (χ1n) is 10.5. The zero-order chi connectivity index (χ0) is 18.9. The molecule has 3 rings (SSSR count). The predicted molar refractivity (Wildman–Crippen MR) is 114 cm³/mol. The molecule has 1 aromatic rings. The van der Waals surface area contributed by atoms with Crippen LogP contribution < -0.4 is 5.32 Å². The number of nitrogens with zero attached hydrogens (tertiary/aromatic N) is 3. The molecule has 0 atom stereocenters. The van der Waals surface area contributed by atoms with Gasteiger partial charge in [-0.1, -0.05) is 6.07 Å². The molecule has 0 radical (unpaired) electrons. The largest absolute Gasteiger partial charge is 0.381 e. The standard InChI is InChI=1S/C21H36N4OS/c1-22-21(24(2)10-5-18-8-13-26-14-9-18)23-16-19-6-11-25(12-7-19)17-20-4-3-15-27-20/h3-4,15,18-19H,5-14,16-17H2,1-2H3,(H,22,23). The van der Waals surface area contributed by atoms with Crippen molar-refractivity contribution in [1.29, 1.82) is 0 Å². The first-order valence-corrected chi connectivity index (χ1v) is 11.4. The van der Waals surface area contributed by atoms with E-state index in [2.05, 4.69) is 44.7 Å². The number of aliphatic imine (C=N–C) groups is 1. The molecule has 1 N–H and O–H groups in total. The minimum atomic E-state index is 0.755. The number of guanidine groups is 1. The van der Waals surface area contributed by atoms with Gasteiger partial charge in [0.25, 0.3) is 0 Å². The fourth-order valence-corrected chi connectivity index (χ4v) is 4.86. The smallest absolute Gasteiger partial charge is 0.193 e. The van der Waals surface area contributed by atoms with E-state index < -0.39 is 0 Å². The fraction of sp³-hybridized carbons (Fsp3) is 0.762. The van der Waals surface area contributed by atoms with Crippen molar-refractivity contribution in [3.63, 3.8) is 0 Å². The summed E-state index contributed by atoms with van der Waals surface area (Å²) in [7, 11) is 4.06. The summed E-state index contributed by atoms with van der Waals surface area (Å²) in [6.45, 7) is 7.53. The lowest BCUT2D eigenvalue weighted by atomic mass is 9.96. The van der Waals surface area contributed by atoms with Gasteiger partial charge in [0, 0.05) is 51.8 Å². The van der Waals surface area contributed by atoms with Gasteiger partial charge in [-0.15, -0.1) is 11.3 Å². The van der Waals surface area contributed by atoms with Crippen LogP contribution in [0.5, 0.6) is 0 Å². The Kier molecular flexibility index (Phi) is 8.42. The Morgan fingerprint density at radius 1 is 1.26 bits per heavy atom. The van der Waals surface area contributed by atoms with Crippen molar-refractivity contribution in [2.24, 2.45) is 16.8 Å². The molecular weight excluding hydrogens is 356 g/mol. The lowest BCUT2D eigenvalue weighted by Gasteiger charge is -2.33. The van der Waals surface area contributed by atoms with Gasteiger partial charge in [0.2, 0.25) is 0 Å². The van der Waals surface area contributed by atoms with Crippen LogP contribution >= 0.6 is 11.3 Å². The summed E-state index contributed by atoms with van der Waals surface area (Å²) >= 11 is 1.87. The summed E-state index contributed by atoms with van der Waals surface area (Å²) in [4.78, 5) is 10.9. The van der Waals surface area contributed by atoms with Crippen molar-refractivity contribution in [3.05, 3.63) is 22.4 Å². The van der Waals surface area contributed by atoms with Crippen molar-refractivity contribution in [2.75, 3.05) is 53.5 Å². The maximum absolute atomic E-state index is 5.46. The van der Waals surface area contributed by atoms with Crippen molar-refractivity contribution < 1.29 is 4.74 Å². The van der Waals surface area contributed by atoms with Crippen LogP contribution in [0.15, 0.2) is 22.5 Å². The van der Waals surface area contributed by atoms with Crippen LogP contribution in [0.3, 0.4) is 0 Å². The second-order valence-electron chi connectivity index (χ2n) is 7.99. The van der Waals surface area contributed by atoms with E-state index in [0.29, 0.717) is 0 Å². The molecule has 6 heteroatoms. The molecule has 0 spiro atoms. The molecule has 2 saturated heterocycles. The van der Waals surface area contributed by atoms with E-state index in [1.807, 2.05) is 18.4 Å². The van der Waals surface area contributed by atoms with Gasteiger partial charge in [0.05, 0.1) is 0 Å². The second kappa shape index (κ2) is 11.0. The number of hydrogen-bond donors (Lipinski definition) is 1. The topological polar surface area (TPSA) is 40.1 Å². The van der Waals surface area contributed by atoms with Gasteiger partial charge in [0.1, 0.15) is 0 Å². The molecule has 0 saturated carbocycles. The molecule has 0 bridgehead atoms. The Morgan fingerprint density at radius 2 is 2.04 bits per heavy atom. The highest BCUT2D eigenvalue weighted by atomic mass is 32.1. The molecule has 0 aromatic carbocycles. The van der Waals surface area contributed by atoms with Crippen LogP contribution in [0.4, 0.5) is 0 Å². The number of piperidine rings is 1. The van der Waals surface area contributed by atoms with Crippen LogP contribution in [0.2, 0.25) is 0 Å². The summed E-state index contributed by atoms with van der Waals surface area (Å²) in [5.41, 5.74) is 0. The highest BCUT2D eigenvalue weighted by molar-refractivity contribution is 7.09. The zero-order valence-electron chi connectivity index (χ0n) is 17.0. The Morgan fingerprint density at radius 3 is 2.70 bits per heavy atom. The lowest BCUT2D eigenvalue weighted by molar-refractivity contribution is 0.0625. The van der Waals surface area contributed by atoms with Gasteiger partial charge in [-0.05, 0) is 68.5 Å². The van der Waals surface area contributed by atoms with Crippen LogP contribution in [0.25, 0.3) is 0 Å². The van der Waals surface area contributed by atoms with E-state index in [4.69, 9.17) is 4.74 Å². The van der Waals surface area contributed by atoms with Gasteiger partial charge in [-0.2, -0.15) is 0 Å². The summed E-state index contributed by atoms with van der Waals surface area (Å²) in [6.07, 6.45) is 6.22. The predicted octanol–water partition coefficient (Wildman–Crippen LogP) is 3.28. The number of nitrogens with one attached hydrogen (secondary N) is 1. The van der Waals surface area contributed by atoms with E-state index >= 15 is 0 Å². The highest BCUT2D eigenvalue weighted by Crippen LogP contribution is 2.21.